The Morgan fingerprint density at radius 1 is 1.48 bits per heavy atom. The average molecular weight is 287 g/mol. The number of nitrogens with two attached hydrogens (primary N) is 1. The van der Waals surface area contributed by atoms with E-state index in [2.05, 4.69) is 26.5 Å². The third kappa shape index (κ3) is 2.94. The summed E-state index contributed by atoms with van der Waals surface area (Å²) < 4.78 is 0. The lowest BCUT2D eigenvalue weighted by atomic mass is 9.96. The van der Waals surface area contributed by atoms with Crippen LogP contribution in [-0.4, -0.2) is 35.7 Å². The Morgan fingerprint density at radius 2 is 2.24 bits per heavy atom. The van der Waals surface area contributed by atoms with Gasteiger partial charge in [-0.25, -0.2) is 0 Å². The van der Waals surface area contributed by atoms with Crippen LogP contribution >= 0.6 is 0 Å². The number of carbonyl (C=O) groups is 1. The third-order valence-electron chi connectivity index (χ3n) is 4.18. The summed E-state index contributed by atoms with van der Waals surface area (Å²) in [6.07, 6.45) is 3.93. The molecule has 0 bridgehead atoms. The second-order valence-electron chi connectivity index (χ2n) is 5.74. The average Bonchev–Trinajstić information content (AvgIpc) is 2.92. The first-order valence-corrected chi connectivity index (χ1v) is 7.35. The lowest BCUT2D eigenvalue weighted by molar-refractivity contribution is -0.119. The minimum absolute atomic E-state index is 0.0476. The van der Waals surface area contributed by atoms with Gasteiger partial charge in [0.1, 0.15) is 0 Å². The minimum Gasteiger partial charge on any atom is -0.397 e. The monoisotopic (exact) mass is 287 g/mol. The molecule has 1 fully saturated rings. The molecule has 0 aliphatic carbocycles. The van der Waals surface area contributed by atoms with E-state index in [-0.39, 0.29) is 5.91 Å². The number of hydrogen-bond acceptors (Lipinski definition) is 4. The highest BCUT2D eigenvalue weighted by Gasteiger charge is 2.21. The number of carbonyl (C=O) groups excluding carboxylic acids is 1. The van der Waals surface area contributed by atoms with Crippen LogP contribution in [0.15, 0.2) is 18.3 Å². The van der Waals surface area contributed by atoms with Crippen LogP contribution < -0.4 is 16.0 Å². The molecular weight excluding hydrogens is 266 g/mol. The number of amides is 1. The summed E-state index contributed by atoms with van der Waals surface area (Å²) in [6.45, 7) is 4.27. The van der Waals surface area contributed by atoms with Crippen LogP contribution in [0.4, 0.5) is 11.4 Å². The Hall–Kier alpha value is -2.24. The molecule has 0 saturated carbocycles. The van der Waals surface area contributed by atoms with Crippen molar-refractivity contribution in [3.63, 3.8) is 0 Å². The van der Waals surface area contributed by atoms with Crippen molar-refractivity contribution in [1.29, 1.82) is 0 Å². The van der Waals surface area contributed by atoms with Crippen LogP contribution in [0.2, 0.25) is 0 Å². The molecule has 21 heavy (non-hydrogen) atoms. The molecule has 1 amide bonds. The highest BCUT2D eigenvalue weighted by Crippen LogP contribution is 2.31. The topological polar surface area (TPSA) is 87.0 Å². The number of piperidine rings is 1. The summed E-state index contributed by atoms with van der Waals surface area (Å²) in [5.74, 6) is 0.605. The maximum Gasteiger partial charge on any atom is 0.216 e. The van der Waals surface area contributed by atoms with Gasteiger partial charge in [0, 0.05) is 31.9 Å². The van der Waals surface area contributed by atoms with Gasteiger partial charge in [0.2, 0.25) is 5.91 Å². The first-order valence-electron chi connectivity index (χ1n) is 7.35. The van der Waals surface area contributed by atoms with Gasteiger partial charge in [-0.1, -0.05) is 0 Å². The Kier molecular flexibility index (Phi) is 3.68. The number of aromatic amines is 1. The summed E-state index contributed by atoms with van der Waals surface area (Å²) in [4.78, 5) is 13.3. The predicted molar refractivity (Wildman–Crippen MR) is 84.1 cm³/mol. The van der Waals surface area contributed by atoms with Crippen molar-refractivity contribution in [2.75, 3.05) is 30.3 Å². The summed E-state index contributed by atoms with van der Waals surface area (Å²) in [5, 5.41) is 11.0. The lowest BCUT2D eigenvalue weighted by Crippen LogP contribution is -2.38. The molecule has 3 rings (SSSR count). The lowest BCUT2D eigenvalue weighted by Gasteiger charge is -2.34. The largest absolute Gasteiger partial charge is 0.397 e. The zero-order valence-electron chi connectivity index (χ0n) is 12.2. The zero-order valence-corrected chi connectivity index (χ0v) is 12.2. The summed E-state index contributed by atoms with van der Waals surface area (Å²) >= 11 is 0. The number of rotatable bonds is 3. The number of nitrogen functional groups attached to an aromatic ring is 1. The molecule has 1 aromatic carbocycles. The van der Waals surface area contributed by atoms with E-state index < -0.39 is 0 Å². The number of benzene rings is 1. The van der Waals surface area contributed by atoms with Gasteiger partial charge >= 0.3 is 0 Å². The molecular formula is C15H21N5O. The van der Waals surface area contributed by atoms with E-state index in [4.69, 9.17) is 5.73 Å². The molecule has 1 saturated heterocycles. The fourth-order valence-electron chi connectivity index (χ4n) is 2.94. The number of aromatic nitrogens is 2. The van der Waals surface area contributed by atoms with Crippen LogP contribution in [0.25, 0.3) is 10.9 Å². The van der Waals surface area contributed by atoms with Crippen LogP contribution in [0.1, 0.15) is 19.8 Å². The van der Waals surface area contributed by atoms with Crippen molar-refractivity contribution in [3.8, 4) is 0 Å². The van der Waals surface area contributed by atoms with E-state index >= 15 is 0 Å². The Labute approximate surface area is 123 Å². The quantitative estimate of drug-likeness (QED) is 0.747. The van der Waals surface area contributed by atoms with E-state index in [1.165, 1.54) is 0 Å². The van der Waals surface area contributed by atoms with Crippen LogP contribution in [0.3, 0.4) is 0 Å². The Balaban J connectivity index is 1.67. The number of fused-ring (bicyclic) bond motifs is 1. The molecule has 1 aromatic heterocycles. The molecule has 0 atom stereocenters. The fraction of sp³-hybridized carbons (Fsp3) is 0.467. The summed E-state index contributed by atoms with van der Waals surface area (Å²) in [5.41, 5.74) is 9.05. The number of H-pyrrole nitrogens is 1. The first-order chi connectivity index (χ1) is 10.1. The number of nitrogens with zero attached hydrogens (tertiary/aromatic N) is 2. The third-order valence-corrected chi connectivity index (χ3v) is 4.18. The highest BCUT2D eigenvalue weighted by atomic mass is 16.1. The number of hydrogen-bond donors (Lipinski definition) is 3. The molecule has 4 N–H and O–H groups in total. The van der Waals surface area contributed by atoms with E-state index in [1.54, 1.807) is 13.1 Å². The molecule has 6 heteroatoms. The normalized spacial score (nSPS) is 16.3. The second-order valence-corrected chi connectivity index (χ2v) is 5.74. The standard InChI is InChI=1S/C15H21N5O/c1-10(21)17-8-11-2-4-20(5-3-11)15-7-14-12(6-13(15)16)9-18-19-14/h6-7,9,11H,2-5,8,16H2,1H3,(H,17,21)(H,18,19). The zero-order chi connectivity index (χ0) is 14.8. The fourth-order valence-corrected chi connectivity index (χ4v) is 2.94. The first kappa shape index (κ1) is 13.7. The van der Waals surface area contributed by atoms with Crippen molar-refractivity contribution < 1.29 is 4.79 Å². The van der Waals surface area contributed by atoms with E-state index in [9.17, 15) is 4.79 Å². The molecule has 2 heterocycles. The van der Waals surface area contributed by atoms with Crippen molar-refractivity contribution >= 4 is 28.2 Å². The SMILES string of the molecule is CC(=O)NCC1CCN(c2cc3[nH]ncc3cc2N)CC1. The summed E-state index contributed by atoms with van der Waals surface area (Å²) in [7, 11) is 0. The molecule has 1 aliphatic heterocycles. The van der Waals surface area contributed by atoms with Crippen molar-refractivity contribution in [2.24, 2.45) is 5.92 Å². The van der Waals surface area contributed by atoms with E-state index in [0.717, 1.165) is 54.8 Å². The van der Waals surface area contributed by atoms with E-state index in [1.807, 2.05) is 6.07 Å². The molecule has 0 unspecified atom stereocenters. The van der Waals surface area contributed by atoms with Gasteiger partial charge in [0.25, 0.3) is 0 Å². The van der Waals surface area contributed by atoms with Gasteiger partial charge in [-0.05, 0) is 30.9 Å². The molecule has 2 aromatic rings. The molecule has 112 valence electrons. The highest BCUT2D eigenvalue weighted by molar-refractivity contribution is 5.88. The van der Waals surface area contributed by atoms with Crippen LogP contribution in [0, 0.1) is 5.92 Å². The summed E-state index contributed by atoms with van der Waals surface area (Å²) in [6, 6.07) is 4.05. The van der Waals surface area contributed by atoms with Crippen molar-refractivity contribution in [2.45, 2.75) is 19.8 Å². The Bertz CT molecular complexity index is 643. The van der Waals surface area contributed by atoms with Gasteiger partial charge in [-0.15, -0.1) is 0 Å². The van der Waals surface area contributed by atoms with Gasteiger partial charge < -0.3 is 16.0 Å². The number of anilines is 2. The molecule has 0 radical (unpaired) electrons. The smallest absolute Gasteiger partial charge is 0.216 e. The molecule has 1 aliphatic rings. The predicted octanol–water partition coefficient (Wildman–Crippen LogP) is 1.50. The Morgan fingerprint density at radius 3 is 2.95 bits per heavy atom. The van der Waals surface area contributed by atoms with Crippen molar-refractivity contribution in [1.82, 2.24) is 15.5 Å². The molecule has 0 spiro atoms. The van der Waals surface area contributed by atoms with E-state index in [0.29, 0.717) is 5.92 Å². The van der Waals surface area contributed by atoms with Crippen molar-refractivity contribution in [3.05, 3.63) is 18.3 Å². The van der Waals surface area contributed by atoms with Gasteiger partial charge in [0.15, 0.2) is 0 Å². The molecule has 6 nitrogen and oxygen atoms in total. The van der Waals surface area contributed by atoms with Gasteiger partial charge in [0.05, 0.1) is 23.1 Å². The van der Waals surface area contributed by atoms with Crippen LogP contribution in [-0.2, 0) is 4.79 Å². The maximum atomic E-state index is 11.0. The number of nitrogens with one attached hydrogen (secondary N) is 2. The van der Waals surface area contributed by atoms with Crippen LogP contribution in [0.5, 0.6) is 0 Å². The minimum atomic E-state index is 0.0476. The maximum absolute atomic E-state index is 11.0. The van der Waals surface area contributed by atoms with Gasteiger partial charge in [-0.3, -0.25) is 9.89 Å². The second kappa shape index (κ2) is 5.63. The van der Waals surface area contributed by atoms with Gasteiger partial charge in [-0.2, -0.15) is 5.10 Å².